The van der Waals surface area contributed by atoms with Crippen LogP contribution in [-0.2, 0) is 17.8 Å². The zero-order chi connectivity index (χ0) is 11.9. The minimum absolute atomic E-state index is 0.760. The lowest BCUT2D eigenvalue weighted by atomic mass is 10.3. The Morgan fingerprint density at radius 1 is 1.41 bits per heavy atom. The van der Waals surface area contributed by atoms with Crippen LogP contribution in [0.2, 0.25) is 0 Å². The van der Waals surface area contributed by atoms with Crippen molar-refractivity contribution >= 4 is 11.3 Å². The van der Waals surface area contributed by atoms with Crippen molar-refractivity contribution in [3.8, 4) is 0 Å². The Hall–Kier alpha value is -1.10. The molecule has 0 bridgehead atoms. The monoisotopic (exact) mass is 250 g/mol. The molecule has 0 saturated carbocycles. The molecular formula is C13H18N2OS. The normalized spacial score (nSPS) is 10.9. The van der Waals surface area contributed by atoms with Gasteiger partial charge in [0.1, 0.15) is 0 Å². The maximum Gasteiger partial charge on any atom is 0.0587 e. The van der Waals surface area contributed by atoms with Crippen LogP contribution in [0.25, 0.3) is 0 Å². The maximum atomic E-state index is 4.99. The summed E-state index contributed by atoms with van der Waals surface area (Å²) < 4.78 is 7.21. The molecule has 0 saturated heterocycles. The van der Waals surface area contributed by atoms with E-state index in [-0.39, 0.29) is 0 Å². The van der Waals surface area contributed by atoms with Crippen molar-refractivity contribution in [2.45, 2.75) is 13.1 Å². The second-order valence-electron chi connectivity index (χ2n) is 3.94. The smallest absolute Gasteiger partial charge is 0.0587 e. The van der Waals surface area contributed by atoms with Gasteiger partial charge in [-0.2, -0.15) is 0 Å². The maximum absolute atomic E-state index is 4.99. The fourth-order valence-corrected chi connectivity index (χ4v) is 2.40. The topological polar surface area (TPSA) is 26.2 Å². The lowest BCUT2D eigenvalue weighted by molar-refractivity contribution is 0.199. The van der Waals surface area contributed by atoms with Crippen molar-refractivity contribution in [3.05, 3.63) is 46.4 Å². The van der Waals surface area contributed by atoms with Crippen molar-refractivity contribution in [2.24, 2.45) is 0 Å². The number of nitrogens with one attached hydrogen (secondary N) is 1. The molecule has 0 spiro atoms. The molecule has 0 radical (unpaired) electrons. The van der Waals surface area contributed by atoms with Crippen molar-refractivity contribution in [2.75, 3.05) is 20.3 Å². The van der Waals surface area contributed by atoms with Gasteiger partial charge in [-0.05, 0) is 23.1 Å². The molecule has 0 fully saturated rings. The Morgan fingerprint density at radius 3 is 3.12 bits per heavy atom. The third-order valence-corrected chi connectivity index (χ3v) is 3.40. The van der Waals surface area contributed by atoms with E-state index < -0.39 is 0 Å². The van der Waals surface area contributed by atoms with E-state index >= 15 is 0 Å². The summed E-state index contributed by atoms with van der Waals surface area (Å²) in [4.78, 5) is 1.39. The summed E-state index contributed by atoms with van der Waals surface area (Å²) in [6.45, 7) is 3.53. The summed E-state index contributed by atoms with van der Waals surface area (Å²) in [5.74, 6) is 0. The van der Waals surface area contributed by atoms with Gasteiger partial charge in [0, 0.05) is 37.5 Å². The number of rotatable bonds is 7. The standard InChI is InChI=1S/C13H18N2OS/c1-16-7-5-14-9-12-4-6-15(10-12)11-13-3-2-8-17-13/h2-4,6,8,10,14H,5,7,9,11H2,1H3. The molecular weight excluding hydrogens is 232 g/mol. The van der Waals surface area contributed by atoms with Crippen molar-refractivity contribution < 1.29 is 4.74 Å². The minimum atomic E-state index is 0.760. The first-order chi connectivity index (χ1) is 8.38. The summed E-state index contributed by atoms with van der Waals surface area (Å²) in [5, 5.41) is 5.46. The van der Waals surface area contributed by atoms with Gasteiger partial charge in [0.05, 0.1) is 13.2 Å². The van der Waals surface area contributed by atoms with Crippen LogP contribution in [0, 0.1) is 0 Å². The van der Waals surface area contributed by atoms with Crippen LogP contribution in [0.4, 0.5) is 0 Å². The molecule has 2 aromatic heterocycles. The molecule has 2 rings (SSSR count). The average molecular weight is 250 g/mol. The Labute approximate surface area is 106 Å². The first-order valence-corrected chi connectivity index (χ1v) is 6.63. The van der Waals surface area contributed by atoms with Gasteiger partial charge in [-0.3, -0.25) is 0 Å². The average Bonchev–Trinajstić information content (AvgIpc) is 2.97. The van der Waals surface area contributed by atoms with Crippen molar-refractivity contribution in [1.29, 1.82) is 0 Å². The molecule has 0 aliphatic heterocycles. The van der Waals surface area contributed by atoms with E-state index in [1.54, 1.807) is 18.4 Å². The molecule has 2 aromatic rings. The van der Waals surface area contributed by atoms with E-state index in [0.717, 1.165) is 26.2 Å². The molecule has 0 unspecified atom stereocenters. The van der Waals surface area contributed by atoms with E-state index in [2.05, 4.69) is 45.9 Å². The van der Waals surface area contributed by atoms with Crippen LogP contribution in [0.5, 0.6) is 0 Å². The van der Waals surface area contributed by atoms with Crippen LogP contribution in [0.15, 0.2) is 36.0 Å². The Kier molecular flexibility index (Phi) is 4.79. The third kappa shape index (κ3) is 4.00. The molecule has 3 nitrogen and oxygen atoms in total. The zero-order valence-corrected chi connectivity index (χ0v) is 10.9. The number of methoxy groups -OCH3 is 1. The summed E-state index contributed by atoms with van der Waals surface area (Å²) in [6.07, 6.45) is 4.33. The summed E-state index contributed by atoms with van der Waals surface area (Å²) >= 11 is 1.80. The number of thiophene rings is 1. The molecule has 2 heterocycles. The molecule has 17 heavy (non-hydrogen) atoms. The number of hydrogen-bond donors (Lipinski definition) is 1. The van der Waals surface area contributed by atoms with E-state index in [0.29, 0.717) is 0 Å². The van der Waals surface area contributed by atoms with Crippen LogP contribution in [-0.4, -0.2) is 24.8 Å². The van der Waals surface area contributed by atoms with Gasteiger partial charge < -0.3 is 14.6 Å². The van der Waals surface area contributed by atoms with Gasteiger partial charge in [-0.25, -0.2) is 0 Å². The second kappa shape index (κ2) is 6.59. The van der Waals surface area contributed by atoms with Gasteiger partial charge in [0.2, 0.25) is 0 Å². The summed E-state index contributed by atoms with van der Waals surface area (Å²) in [6, 6.07) is 6.42. The number of nitrogens with zero attached hydrogens (tertiary/aromatic N) is 1. The van der Waals surface area contributed by atoms with E-state index in [1.165, 1.54) is 10.4 Å². The molecule has 92 valence electrons. The van der Waals surface area contributed by atoms with Crippen LogP contribution >= 0.6 is 11.3 Å². The predicted octanol–water partition coefficient (Wildman–Crippen LogP) is 2.33. The Morgan fingerprint density at radius 2 is 2.35 bits per heavy atom. The highest BCUT2D eigenvalue weighted by Gasteiger charge is 1.98. The van der Waals surface area contributed by atoms with E-state index in [1.807, 2.05) is 0 Å². The molecule has 0 amide bonds. The van der Waals surface area contributed by atoms with Gasteiger partial charge in [0.25, 0.3) is 0 Å². The third-order valence-electron chi connectivity index (χ3n) is 2.54. The molecule has 4 heteroatoms. The lowest BCUT2D eigenvalue weighted by Gasteiger charge is -2.02. The second-order valence-corrected chi connectivity index (χ2v) is 4.97. The quantitative estimate of drug-likeness (QED) is 0.763. The van der Waals surface area contributed by atoms with Gasteiger partial charge in [-0.15, -0.1) is 11.3 Å². The number of hydrogen-bond acceptors (Lipinski definition) is 3. The minimum Gasteiger partial charge on any atom is -0.383 e. The van der Waals surface area contributed by atoms with E-state index in [9.17, 15) is 0 Å². The fraction of sp³-hybridized carbons (Fsp3) is 0.385. The summed E-state index contributed by atoms with van der Waals surface area (Å²) in [7, 11) is 1.72. The SMILES string of the molecule is COCCNCc1ccn(Cc2cccs2)c1. The molecule has 0 aromatic carbocycles. The highest BCUT2D eigenvalue weighted by Crippen LogP contribution is 2.11. The van der Waals surface area contributed by atoms with E-state index in [4.69, 9.17) is 4.74 Å². The van der Waals surface area contributed by atoms with Crippen LogP contribution < -0.4 is 5.32 Å². The van der Waals surface area contributed by atoms with Crippen LogP contribution in [0.1, 0.15) is 10.4 Å². The highest BCUT2D eigenvalue weighted by atomic mass is 32.1. The van der Waals surface area contributed by atoms with Crippen molar-refractivity contribution in [1.82, 2.24) is 9.88 Å². The Balaban J connectivity index is 1.79. The lowest BCUT2D eigenvalue weighted by Crippen LogP contribution is -2.18. The molecule has 0 atom stereocenters. The predicted molar refractivity (Wildman–Crippen MR) is 71.4 cm³/mol. The molecule has 0 aliphatic rings. The highest BCUT2D eigenvalue weighted by molar-refractivity contribution is 7.09. The Bertz CT molecular complexity index is 422. The zero-order valence-electron chi connectivity index (χ0n) is 10.1. The van der Waals surface area contributed by atoms with Crippen LogP contribution in [0.3, 0.4) is 0 Å². The largest absolute Gasteiger partial charge is 0.383 e. The number of ether oxygens (including phenoxy) is 1. The van der Waals surface area contributed by atoms with Gasteiger partial charge >= 0.3 is 0 Å². The van der Waals surface area contributed by atoms with Gasteiger partial charge in [-0.1, -0.05) is 6.07 Å². The summed E-state index contributed by atoms with van der Waals surface area (Å²) in [5.41, 5.74) is 1.32. The van der Waals surface area contributed by atoms with Crippen molar-refractivity contribution in [3.63, 3.8) is 0 Å². The first kappa shape index (κ1) is 12.4. The molecule has 1 N–H and O–H groups in total. The number of aromatic nitrogens is 1. The first-order valence-electron chi connectivity index (χ1n) is 5.75. The van der Waals surface area contributed by atoms with Gasteiger partial charge in [0.15, 0.2) is 0 Å². The fourth-order valence-electron chi connectivity index (χ4n) is 1.68. The molecule has 0 aliphatic carbocycles.